The maximum Gasteiger partial charge on any atom is 0.348 e. The van der Waals surface area contributed by atoms with E-state index in [1.54, 1.807) is 24.3 Å². The number of nitrogens with zero attached hydrogens (tertiary/aromatic N) is 1. The Hall–Kier alpha value is -2.61. The van der Waals surface area contributed by atoms with Crippen LogP contribution < -0.4 is 5.32 Å². The minimum absolute atomic E-state index is 0.0174. The second kappa shape index (κ2) is 15.2. The molecule has 0 bridgehead atoms. The molecule has 0 aliphatic heterocycles. The molecule has 0 heterocycles. The molecule has 0 aromatic heterocycles. The van der Waals surface area contributed by atoms with E-state index in [2.05, 4.69) is 26.1 Å². The van der Waals surface area contributed by atoms with E-state index in [1.165, 1.54) is 6.08 Å². The second-order valence-electron chi connectivity index (χ2n) is 8.04. The fourth-order valence-electron chi connectivity index (χ4n) is 3.35. The van der Waals surface area contributed by atoms with Crippen molar-refractivity contribution in [3.8, 4) is 6.07 Å². The third-order valence-corrected chi connectivity index (χ3v) is 5.59. The predicted molar refractivity (Wildman–Crippen MR) is 126 cm³/mol. The second-order valence-corrected chi connectivity index (χ2v) is 8.04. The topological polar surface area (TPSA) is 79.2 Å². The lowest BCUT2D eigenvalue weighted by atomic mass is 9.98. The Balaban J connectivity index is 2.71. The van der Waals surface area contributed by atoms with Crippen LogP contribution in [0.4, 0.5) is 5.69 Å². The number of esters is 1. The summed E-state index contributed by atoms with van der Waals surface area (Å²) in [6, 6.07) is 9.08. The molecule has 5 heteroatoms. The van der Waals surface area contributed by atoms with Gasteiger partial charge in [0.25, 0.3) is 0 Å². The van der Waals surface area contributed by atoms with Gasteiger partial charge in [0.15, 0.2) is 0 Å². The van der Waals surface area contributed by atoms with Gasteiger partial charge in [-0.3, -0.25) is 4.79 Å². The highest BCUT2D eigenvalue weighted by Crippen LogP contribution is 2.18. The molecule has 1 rings (SSSR count). The van der Waals surface area contributed by atoms with Crippen LogP contribution in [0.5, 0.6) is 0 Å². The van der Waals surface area contributed by atoms with Crippen molar-refractivity contribution in [1.82, 2.24) is 0 Å². The van der Waals surface area contributed by atoms with Gasteiger partial charge in [-0.2, -0.15) is 5.26 Å². The Labute approximate surface area is 187 Å². The van der Waals surface area contributed by atoms with Crippen LogP contribution in [0, 0.1) is 23.2 Å². The van der Waals surface area contributed by atoms with Crippen molar-refractivity contribution in [3.63, 3.8) is 0 Å². The Morgan fingerprint density at radius 1 is 1.03 bits per heavy atom. The summed E-state index contributed by atoms with van der Waals surface area (Å²) < 4.78 is 5.38. The number of hydrogen-bond donors (Lipinski definition) is 1. The van der Waals surface area contributed by atoms with E-state index in [-0.39, 0.29) is 17.4 Å². The van der Waals surface area contributed by atoms with Gasteiger partial charge in [0.2, 0.25) is 5.91 Å². The predicted octanol–water partition coefficient (Wildman–Crippen LogP) is 6.51. The molecular weight excluding hydrogens is 388 g/mol. The van der Waals surface area contributed by atoms with Gasteiger partial charge in [0, 0.05) is 11.6 Å². The molecule has 1 N–H and O–H groups in total. The minimum Gasteiger partial charge on any atom is -0.461 e. The van der Waals surface area contributed by atoms with Crippen LogP contribution in [0.3, 0.4) is 0 Å². The van der Waals surface area contributed by atoms with Crippen molar-refractivity contribution in [2.45, 2.75) is 79.1 Å². The Bertz CT molecular complexity index is 747. The summed E-state index contributed by atoms with van der Waals surface area (Å²) in [6.45, 7) is 8.72. The molecule has 170 valence electrons. The lowest BCUT2D eigenvalue weighted by Crippen LogP contribution is -2.22. The smallest absolute Gasteiger partial charge is 0.348 e. The summed E-state index contributed by atoms with van der Waals surface area (Å²) in [6.07, 6.45) is 9.55. The van der Waals surface area contributed by atoms with Crippen molar-refractivity contribution in [2.24, 2.45) is 11.8 Å². The van der Waals surface area contributed by atoms with E-state index in [4.69, 9.17) is 4.74 Å². The van der Waals surface area contributed by atoms with Crippen LogP contribution in [0.2, 0.25) is 0 Å². The van der Waals surface area contributed by atoms with Crippen LogP contribution >= 0.6 is 0 Å². The normalized spacial score (nSPS) is 13.2. The molecular formula is C26H38N2O3. The number of ether oxygens (including phenoxy) is 1. The number of rotatable bonds is 14. The summed E-state index contributed by atoms with van der Waals surface area (Å²) in [5.74, 6) is -0.203. The molecule has 0 aliphatic carbocycles. The third kappa shape index (κ3) is 9.83. The third-order valence-electron chi connectivity index (χ3n) is 5.59. The first-order chi connectivity index (χ1) is 15.0. The van der Waals surface area contributed by atoms with Crippen molar-refractivity contribution < 1.29 is 14.3 Å². The van der Waals surface area contributed by atoms with Gasteiger partial charge in [-0.1, -0.05) is 71.9 Å². The van der Waals surface area contributed by atoms with E-state index in [9.17, 15) is 14.9 Å². The van der Waals surface area contributed by atoms with Crippen LogP contribution in [-0.2, 0) is 14.3 Å². The number of nitrogens with one attached hydrogen (secondary N) is 1. The van der Waals surface area contributed by atoms with Crippen molar-refractivity contribution in [1.29, 1.82) is 5.26 Å². The van der Waals surface area contributed by atoms with Gasteiger partial charge < -0.3 is 10.1 Å². The molecule has 0 spiro atoms. The molecule has 0 fully saturated rings. The molecule has 0 saturated carbocycles. The monoisotopic (exact) mass is 426 g/mol. The minimum atomic E-state index is -0.587. The largest absolute Gasteiger partial charge is 0.461 e. The average molecular weight is 427 g/mol. The zero-order chi connectivity index (χ0) is 23.1. The Morgan fingerprint density at radius 2 is 1.68 bits per heavy atom. The summed E-state index contributed by atoms with van der Waals surface area (Å²) in [4.78, 5) is 24.7. The molecule has 2 atom stereocenters. The molecule has 5 nitrogen and oxygen atoms in total. The first kappa shape index (κ1) is 26.4. The summed E-state index contributed by atoms with van der Waals surface area (Å²) >= 11 is 0. The van der Waals surface area contributed by atoms with E-state index in [0.717, 1.165) is 51.4 Å². The van der Waals surface area contributed by atoms with Crippen LogP contribution in [-0.4, -0.2) is 18.5 Å². The fraction of sp³-hybridized carbons (Fsp3) is 0.577. The lowest BCUT2D eigenvalue weighted by molar-refractivity contribution is -0.139. The molecule has 1 aromatic rings. The molecule has 1 amide bonds. The summed E-state index contributed by atoms with van der Waals surface area (Å²) in [7, 11) is 0. The van der Waals surface area contributed by atoms with Crippen molar-refractivity contribution >= 4 is 23.6 Å². The molecule has 0 aliphatic rings. The SMILES string of the molecule is CCCCC(CC)COC(=O)C(C#N)=Cc1ccc(NC(=O)C(CC)CCCC)cc1. The molecule has 31 heavy (non-hydrogen) atoms. The highest BCUT2D eigenvalue weighted by Gasteiger charge is 2.16. The average Bonchev–Trinajstić information content (AvgIpc) is 2.79. The first-order valence-corrected chi connectivity index (χ1v) is 11.7. The molecule has 2 unspecified atom stereocenters. The molecule has 0 saturated heterocycles. The van der Waals surface area contributed by atoms with Gasteiger partial charge in [0.05, 0.1) is 6.61 Å². The maximum atomic E-state index is 12.4. The van der Waals surface area contributed by atoms with Gasteiger partial charge in [-0.15, -0.1) is 0 Å². The number of hydrogen-bond acceptors (Lipinski definition) is 4. The number of amides is 1. The van der Waals surface area contributed by atoms with Crippen LogP contribution in [0.25, 0.3) is 6.08 Å². The number of anilines is 1. The highest BCUT2D eigenvalue weighted by molar-refractivity contribution is 5.98. The van der Waals surface area contributed by atoms with Gasteiger partial charge in [-0.25, -0.2) is 4.79 Å². The van der Waals surface area contributed by atoms with E-state index in [0.29, 0.717) is 23.8 Å². The maximum absolute atomic E-state index is 12.4. The highest BCUT2D eigenvalue weighted by atomic mass is 16.5. The van der Waals surface area contributed by atoms with E-state index in [1.807, 2.05) is 13.0 Å². The quantitative estimate of drug-likeness (QED) is 0.209. The van der Waals surface area contributed by atoms with Gasteiger partial charge in [0.1, 0.15) is 11.6 Å². The number of unbranched alkanes of at least 4 members (excludes halogenated alkanes) is 2. The number of carbonyl (C=O) groups is 2. The summed E-state index contributed by atoms with van der Waals surface area (Å²) in [5.41, 5.74) is 1.40. The Kier molecular flexibility index (Phi) is 13.0. The standard InChI is InChI=1S/C26H38N2O3/c1-5-9-11-20(7-3)19-31-26(30)23(18-27)17-21-13-15-24(16-14-21)28-25(29)22(8-4)12-10-6-2/h13-17,20,22H,5-12,19H2,1-4H3,(H,28,29). The van der Waals surface area contributed by atoms with Crippen LogP contribution in [0.15, 0.2) is 29.8 Å². The van der Waals surface area contributed by atoms with Gasteiger partial charge >= 0.3 is 5.97 Å². The zero-order valence-corrected chi connectivity index (χ0v) is 19.6. The summed E-state index contributed by atoms with van der Waals surface area (Å²) in [5, 5.41) is 12.3. The molecule has 1 aromatic carbocycles. The Morgan fingerprint density at radius 3 is 2.23 bits per heavy atom. The van der Waals surface area contributed by atoms with E-state index < -0.39 is 5.97 Å². The van der Waals surface area contributed by atoms with Crippen molar-refractivity contribution in [2.75, 3.05) is 11.9 Å². The first-order valence-electron chi connectivity index (χ1n) is 11.7. The van der Waals surface area contributed by atoms with Crippen molar-refractivity contribution in [3.05, 3.63) is 35.4 Å². The zero-order valence-electron chi connectivity index (χ0n) is 19.6. The fourth-order valence-corrected chi connectivity index (χ4v) is 3.35. The van der Waals surface area contributed by atoms with Gasteiger partial charge in [-0.05, 0) is 49.0 Å². The number of carbonyl (C=O) groups excluding carboxylic acids is 2. The molecule has 0 radical (unpaired) electrons. The lowest BCUT2D eigenvalue weighted by Gasteiger charge is -2.15. The van der Waals surface area contributed by atoms with Crippen LogP contribution in [0.1, 0.15) is 84.6 Å². The van der Waals surface area contributed by atoms with E-state index >= 15 is 0 Å². The number of nitriles is 1. The number of benzene rings is 1.